The summed E-state index contributed by atoms with van der Waals surface area (Å²) >= 11 is 16.4. The third kappa shape index (κ3) is 14.1. The number of aromatic nitrogens is 2. The van der Waals surface area contributed by atoms with Crippen molar-refractivity contribution in [1.82, 2.24) is 39.1 Å². The predicted octanol–water partition coefficient (Wildman–Crippen LogP) is 7.78. The molecule has 468 valence electrons. The summed E-state index contributed by atoms with van der Waals surface area (Å²) in [5.74, 6) is 8.13. The first-order valence-corrected chi connectivity index (χ1v) is 33.6. The largest absolute Gasteiger partial charge is 0.391 e. The molecule has 4 saturated heterocycles. The molecule has 4 amide bonds. The van der Waals surface area contributed by atoms with E-state index in [9.17, 15) is 43.5 Å². The number of nitrogen functional groups attached to an aromatic ring is 1. The average Bonchev–Trinajstić information content (AvgIpc) is 1.81. The zero-order chi connectivity index (χ0) is 63.4. The number of piperazine rings is 2. The molecule has 8 aromatic rings. The number of nitrogens with one attached hydrogen (secondary N) is 1. The lowest BCUT2D eigenvalue weighted by molar-refractivity contribution is -0.126. The summed E-state index contributed by atoms with van der Waals surface area (Å²) in [7, 11) is -3.13. The average molecular weight is 1310 g/mol. The van der Waals surface area contributed by atoms with Crippen molar-refractivity contribution >= 4 is 121 Å². The Bertz CT molecular complexity index is 3890. The Balaban J connectivity index is 0.000000158. The van der Waals surface area contributed by atoms with E-state index in [-0.39, 0.29) is 70.8 Å². The normalized spacial score (nSPS) is 20.7. The maximum atomic E-state index is 13.7. The second-order valence-corrected chi connectivity index (χ2v) is 27.9. The van der Waals surface area contributed by atoms with E-state index in [4.69, 9.17) is 39.6 Å². The molecule has 89 heavy (non-hydrogen) atoms. The van der Waals surface area contributed by atoms with Gasteiger partial charge in [0.15, 0.2) is 0 Å². The van der Waals surface area contributed by atoms with E-state index < -0.39 is 43.0 Å². The van der Waals surface area contributed by atoms with E-state index in [0.29, 0.717) is 82.0 Å². The smallest absolute Gasteiger partial charge is 0.295 e. The minimum atomic E-state index is -3.13. The van der Waals surface area contributed by atoms with Crippen LogP contribution in [0.15, 0.2) is 131 Å². The highest BCUT2D eigenvalue weighted by atomic mass is 35.5. The molecule has 8 heterocycles. The molecule has 20 nitrogen and oxygen atoms in total. The highest BCUT2D eigenvalue weighted by molar-refractivity contribution is 7.74. The first kappa shape index (κ1) is 64.9. The molecule has 4 fully saturated rings. The quantitative estimate of drug-likeness (QED) is 0.0243. The number of aromatic amines is 1. The summed E-state index contributed by atoms with van der Waals surface area (Å²) in [5.41, 5.74) is 4.45. The Morgan fingerprint density at radius 3 is 1.51 bits per heavy atom. The third-order valence-electron chi connectivity index (χ3n) is 17.0. The van der Waals surface area contributed by atoms with Crippen molar-refractivity contribution in [1.29, 1.82) is 0 Å². The Morgan fingerprint density at radius 1 is 0.607 bits per heavy atom. The van der Waals surface area contributed by atoms with Crippen LogP contribution in [0.5, 0.6) is 0 Å². The summed E-state index contributed by atoms with van der Waals surface area (Å²) in [4.78, 5) is 93.2. The van der Waals surface area contributed by atoms with E-state index in [1.54, 1.807) is 71.2 Å². The molecular formula is C64H71Cl2N10O10PS2. The second kappa shape index (κ2) is 28.0. The van der Waals surface area contributed by atoms with Crippen LogP contribution in [0.4, 0.5) is 0 Å². The summed E-state index contributed by atoms with van der Waals surface area (Å²) in [6, 6.07) is 28.8. The molecule has 4 aromatic heterocycles. The topological polar surface area (TPSA) is 261 Å². The lowest BCUT2D eigenvalue weighted by Crippen LogP contribution is -2.57. The van der Waals surface area contributed by atoms with Gasteiger partial charge in [-0.25, -0.2) is 10.5 Å². The lowest BCUT2D eigenvalue weighted by Gasteiger charge is -2.44. The van der Waals surface area contributed by atoms with Crippen molar-refractivity contribution in [2.24, 2.45) is 5.90 Å². The molecule has 4 aromatic carbocycles. The number of carbonyl (C=O) groups is 6. The first-order valence-electron chi connectivity index (χ1n) is 29.3. The molecule has 0 bridgehead atoms. The highest BCUT2D eigenvalue weighted by Gasteiger charge is 2.38. The number of ketones is 2. The maximum absolute atomic E-state index is 13.7. The van der Waals surface area contributed by atoms with Crippen LogP contribution >= 0.6 is 53.2 Å². The zero-order valence-corrected chi connectivity index (χ0v) is 53.7. The van der Waals surface area contributed by atoms with Crippen LogP contribution in [0, 0.1) is 0 Å². The van der Waals surface area contributed by atoms with E-state index >= 15 is 0 Å². The maximum Gasteiger partial charge on any atom is 0.295 e. The molecule has 0 aliphatic carbocycles. The molecule has 4 aliphatic rings. The number of fused-ring (bicyclic) bond motifs is 2. The van der Waals surface area contributed by atoms with Gasteiger partial charge in [0.2, 0.25) is 0 Å². The van der Waals surface area contributed by atoms with Crippen molar-refractivity contribution < 1.29 is 48.2 Å². The van der Waals surface area contributed by atoms with Gasteiger partial charge in [-0.15, -0.1) is 0 Å². The van der Waals surface area contributed by atoms with E-state index in [0.717, 1.165) is 26.2 Å². The fourth-order valence-corrected chi connectivity index (χ4v) is 15.4. The number of β-amino-alcohol motifs (C(OH)–C–C–N with tert-alkyl or cyclic N) is 2. The monoisotopic (exact) mass is 1300 g/mol. The molecule has 0 saturated carbocycles. The van der Waals surface area contributed by atoms with Gasteiger partial charge < -0.3 is 40.6 Å². The summed E-state index contributed by atoms with van der Waals surface area (Å²) in [5, 5.41) is 30.5. The number of amides is 4. The van der Waals surface area contributed by atoms with Gasteiger partial charge in [0, 0.05) is 129 Å². The van der Waals surface area contributed by atoms with Crippen LogP contribution in [-0.4, -0.2) is 173 Å². The standard InChI is InChI=1S/C26H30ClN5O4S.C26H29ClN4O4S.C12H12NO2P/c1-15-10-31(16(2)9-30(15)11-17-4-6-37-14-17)25(35)20-7-19-21(13-32(28)23(19)8-22(20)27)24(34)26(36)29-5-3-18(33)12-29;1-15-11-31(16(2)10-30(15)12-17-4-6-36-14-17)25(34)20-7-19-21(9-28-23(19)8-22(20)27)24(33)26(35)29-5-3-18(32)13-29;13-15-16(14,11-7-3-1-4-8-11)12-9-5-2-6-10-12/h4,6-8,13-16,18,33H,3,5,9-12,28H2,1-2H3;4,6-9,14-16,18,28,32H,3,5,10-13H2,1-2H3;1-10H,13H2/t2*15-,16+,18+;/m00./s1. The number of nitrogens with zero attached hydrogens (tertiary/aromatic N) is 7. The number of aliphatic hydroxyl groups excluding tert-OH is 2. The lowest BCUT2D eigenvalue weighted by atomic mass is 10.0. The first-order chi connectivity index (χ1) is 42.6. The van der Waals surface area contributed by atoms with Crippen molar-refractivity contribution in [3.8, 4) is 0 Å². The van der Waals surface area contributed by atoms with Gasteiger partial charge in [-0.1, -0.05) is 59.6 Å². The Morgan fingerprint density at radius 2 is 1.07 bits per heavy atom. The van der Waals surface area contributed by atoms with Crippen molar-refractivity contribution in [2.45, 2.75) is 90.0 Å². The summed E-state index contributed by atoms with van der Waals surface area (Å²) < 4.78 is 18.6. The number of carbonyl (C=O) groups excluding carboxylic acids is 6. The van der Waals surface area contributed by atoms with Crippen LogP contribution in [0.3, 0.4) is 0 Å². The molecule has 4 aliphatic heterocycles. The van der Waals surface area contributed by atoms with Crippen molar-refractivity contribution in [2.75, 3.05) is 58.2 Å². The van der Waals surface area contributed by atoms with Crippen LogP contribution in [0.2, 0.25) is 10.0 Å². The molecule has 0 spiro atoms. The summed E-state index contributed by atoms with van der Waals surface area (Å²) in [6.45, 7) is 13.5. The molecule has 0 radical (unpaired) electrons. The van der Waals surface area contributed by atoms with Gasteiger partial charge in [-0.3, -0.25) is 47.8 Å². The number of nitrogens with two attached hydrogens (primary N) is 2. The van der Waals surface area contributed by atoms with E-state index in [1.165, 1.54) is 38.0 Å². The SMILES string of the molecule is C[C@@H]1CN(Cc2ccsc2)[C@@H](C)CN1C(=O)c1cc2c(C(=O)C(=O)N3CC[C@@H](O)C3)c[nH]c2cc1Cl.C[C@@H]1CN(Cc2ccsc2)[C@@H](C)CN1C(=O)c1cc2c(C(=O)C(=O)N3CC[C@@H](O)C3)cn(N)c2cc1Cl.NOP(=O)(c1ccccc1)c1ccccc1. The molecule has 12 rings (SSSR count). The molecule has 0 unspecified atom stereocenters. The number of rotatable bonds is 13. The molecule has 25 heteroatoms. The number of Topliss-reactive ketones (excluding diaryl/α,β-unsaturated/α-hetero) is 2. The van der Waals surface area contributed by atoms with Gasteiger partial charge in [-0.05, 0) is 134 Å². The van der Waals surface area contributed by atoms with Crippen LogP contribution in [0.1, 0.15) is 93.1 Å². The van der Waals surface area contributed by atoms with Crippen LogP contribution in [0.25, 0.3) is 21.8 Å². The fraction of sp³-hybridized carbons (Fsp3) is 0.344. The van der Waals surface area contributed by atoms with Gasteiger partial charge in [0.05, 0.1) is 50.0 Å². The minimum absolute atomic E-state index is 0.0189. The highest BCUT2D eigenvalue weighted by Crippen LogP contribution is 2.42. The Kier molecular flexibility index (Phi) is 20.4. The predicted molar refractivity (Wildman–Crippen MR) is 348 cm³/mol. The van der Waals surface area contributed by atoms with Crippen molar-refractivity contribution in [3.63, 3.8) is 0 Å². The van der Waals surface area contributed by atoms with Crippen LogP contribution < -0.4 is 22.3 Å². The number of benzene rings is 4. The molecule has 7 N–H and O–H groups in total. The number of hydrogen-bond acceptors (Lipinski definition) is 16. The molecular weight excluding hydrogens is 1230 g/mol. The number of likely N-dealkylation sites (tertiary alicyclic amines) is 2. The number of aliphatic hydroxyl groups is 2. The number of hydrogen-bond donors (Lipinski definition) is 5. The fourth-order valence-electron chi connectivity index (χ4n) is 11.9. The number of halogens is 2. The second-order valence-electron chi connectivity index (χ2n) is 23.2. The van der Waals surface area contributed by atoms with E-state index in [2.05, 4.69) is 62.3 Å². The van der Waals surface area contributed by atoms with Gasteiger partial charge >= 0.3 is 0 Å². The van der Waals surface area contributed by atoms with Gasteiger partial charge in [0.1, 0.15) is 0 Å². The van der Waals surface area contributed by atoms with Gasteiger partial charge in [-0.2, -0.15) is 22.7 Å². The molecule has 6 atom stereocenters. The van der Waals surface area contributed by atoms with E-state index in [1.807, 2.05) is 60.0 Å². The Hall–Kier alpha value is -7.05. The third-order valence-corrected chi connectivity index (χ3v) is 21.3. The number of H-pyrrole nitrogens is 1. The Labute approximate surface area is 533 Å². The van der Waals surface area contributed by atoms with Crippen molar-refractivity contribution in [3.05, 3.63) is 174 Å². The summed E-state index contributed by atoms with van der Waals surface area (Å²) in [6.07, 6.45) is 2.52. The minimum Gasteiger partial charge on any atom is -0.391 e. The van der Waals surface area contributed by atoms with Gasteiger partial charge in [0.25, 0.3) is 42.6 Å². The van der Waals surface area contributed by atoms with Crippen LogP contribution in [-0.2, 0) is 31.9 Å². The number of thiophene rings is 2. The zero-order valence-electron chi connectivity index (χ0n) is 49.6.